The van der Waals surface area contributed by atoms with Crippen molar-refractivity contribution in [2.75, 3.05) is 0 Å². The van der Waals surface area contributed by atoms with Crippen LogP contribution in [0.5, 0.6) is 0 Å². The van der Waals surface area contributed by atoms with Gasteiger partial charge in [0, 0.05) is 55.9 Å². The predicted molar refractivity (Wildman–Crippen MR) is 277 cm³/mol. The van der Waals surface area contributed by atoms with Gasteiger partial charge in [0.05, 0.1) is 22.1 Å². The van der Waals surface area contributed by atoms with E-state index in [2.05, 4.69) is 174 Å². The maximum atomic E-state index is 6.69. The first-order valence-corrected chi connectivity index (χ1v) is 22.8. The third kappa shape index (κ3) is 6.82. The molecule has 0 N–H and O–H groups in total. The zero-order valence-corrected chi connectivity index (χ0v) is 36.7. The van der Waals surface area contributed by atoms with E-state index in [1.165, 1.54) is 5.39 Å². The van der Waals surface area contributed by atoms with E-state index in [9.17, 15) is 0 Å². The second-order valence-corrected chi connectivity index (χ2v) is 17.0. The van der Waals surface area contributed by atoms with E-state index in [-0.39, 0.29) is 0 Å². The molecule has 6 heteroatoms. The molecule has 4 heterocycles. The molecule has 13 aromatic rings. The molecular formula is C62H39N5O. The Labute approximate surface area is 392 Å². The molecule has 0 saturated carbocycles. The summed E-state index contributed by atoms with van der Waals surface area (Å²) in [7, 11) is 0. The second-order valence-electron chi connectivity index (χ2n) is 17.0. The van der Waals surface area contributed by atoms with Crippen molar-refractivity contribution in [1.29, 1.82) is 0 Å². The first-order valence-electron chi connectivity index (χ1n) is 22.8. The van der Waals surface area contributed by atoms with Gasteiger partial charge in [-0.15, -0.1) is 0 Å². The topological polar surface area (TPSA) is 69.6 Å². The van der Waals surface area contributed by atoms with Crippen LogP contribution in [0.1, 0.15) is 0 Å². The molecule has 0 bridgehead atoms. The van der Waals surface area contributed by atoms with E-state index in [4.69, 9.17) is 24.4 Å². The Balaban J connectivity index is 1.08. The minimum atomic E-state index is 0.522. The molecule has 0 fully saturated rings. The van der Waals surface area contributed by atoms with Crippen LogP contribution in [-0.4, -0.2) is 24.5 Å². The van der Waals surface area contributed by atoms with Gasteiger partial charge < -0.3 is 8.98 Å². The zero-order chi connectivity index (χ0) is 45.0. The van der Waals surface area contributed by atoms with Crippen LogP contribution in [0.3, 0.4) is 0 Å². The molecule has 4 aromatic heterocycles. The summed E-state index contributed by atoms with van der Waals surface area (Å²) in [5, 5.41) is 4.38. The molecule has 0 amide bonds. The molecular weight excluding hydrogens is 831 g/mol. The van der Waals surface area contributed by atoms with Crippen LogP contribution < -0.4 is 0 Å². The minimum Gasteiger partial charge on any atom is -0.456 e. The van der Waals surface area contributed by atoms with Crippen molar-refractivity contribution in [2.24, 2.45) is 0 Å². The Hall–Kier alpha value is -9.26. The molecule has 0 spiro atoms. The average Bonchev–Trinajstić information content (AvgIpc) is 3.97. The molecule has 13 rings (SSSR count). The Morgan fingerprint density at radius 3 is 1.47 bits per heavy atom. The number of benzene rings is 9. The molecule has 0 saturated heterocycles. The van der Waals surface area contributed by atoms with Crippen LogP contribution in [0.25, 0.3) is 128 Å². The highest BCUT2D eigenvalue weighted by atomic mass is 16.3. The molecule has 0 aliphatic heterocycles. The van der Waals surface area contributed by atoms with E-state index in [1.807, 2.05) is 66.9 Å². The number of hydrogen-bond acceptors (Lipinski definition) is 5. The minimum absolute atomic E-state index is 0.522. The van der Waals surface area contributed by atoms with Crippen LogP contribution in [0, 0.1) is 0 Å². The van der Waals surface area contributed by atoms with Gasteiger partial charge in [-0.3, -0.25) is 4.98 Å². The first-order chi connectivity index (χ1) is 33.7. The lowest BCUT2D eigenvalue weighted by molar-refractivity contribution is 0.669. The van der Waals surface area contributed by atoms with Gasteiger partial charge in [-0.1, -0.05) is 158 Å². The lowest BCUT2D eigenvalue weighted by Gasteiger charge is -2.15. The van der Waals surface area contributed by atoms with E-state index in [1.54, 1.807) is 0 Å². The lowest BCUT2D eigenvalue weighted by Crippen LogP contribution is -2.02. The van der Waals surface area contributed by atoms with Crippen molar-refractivity contribution in [2.45, 2.75) is 0 Å². The molecule has 0 atom stereocenters. The molecule has 318 valence electrons. The summed E-state index contributed by atoms with van der Waals surface area (Å²) in [5.74, 6) is 1.68. The van der Waals surface area contributed by atoms with Gasteiger partial charge in [-0.25, -0.2) is 15.0 Å². The lowest BCUT2D eigenvalue weighted by atomic mass is 9.92. The molecule has 0 radical (unpaired) electrons. The first kappa shape index (κ1) is 39.1. The van der Waals surface area contributed by atoms with Crippen LogP contribution in [0.4, 0.5) is 0 Å². The highest BCUT2D eigenvalue weighted by molar-refractivity contribution is 6.25. The van der Waals surface area contributed by atoms with E-state index in [0.29, 0.717) is 17.5 Å². The number of pyridine rings is 1. The van der Waals surface area contributed by atoms with Gasteiger partial charge in [-0.2, -0.15) is 0 Å². The number of furan rings is 1. The normalized spacial score (nSPS) is 11.5. The summed E-state index contributed by atoms with van der Waals surface area (Å²) < 4.78 is 9.05. The second kappa shape index (κ2) is 16.3. The van der Waals surface area contributed by atoms with Gasteiger partial charge in [0.1, 0.15) is 11.2 Å². The fraction of sp³-hybridized carbons (Fsp3) is 0. The summed E-state index contributed by atoms with van der Waals surface area (Å²) in [6.45, 7) is 0. The average molecular weight is 870 g/mol. The Kier molecular flexibility index (Phi) is 9.39. The largest absolute Gasteiger partial charge is 0.456 e. The standard InChI is InChI=1S/C62H39N5O/c1-6-18-40(19-7-1)45-34-46(41-20-8-2-9-21-41)36-47(35-45)48-38-53(62-65-60(42-22-10-3-11-23-42)64-61(66-62)43-24-12-4-13-25-43)58(63-39-48)44-30-32-55-52(37-44)57-56(68-55)33-31-51-50-28-16-17-29-54(50)67(59(51)57)49-26-14-5-15-27-49/h1-39H. The summed E-state index contributed by atoms with van der Waals surface area (Å²) in [4.78, 5) is 21.0. The molecule has 0 unspecified atom stereocenters. The fourth-order valence-corrected chi connectivity index (χ4v) is 9.65. The van der Waals surface area contributed by atoms with Gasteiger partial charge in [0.25, 0.3) is 0 Å². The smallest absolute Gasteiger partial charge is 0.166 e. The summed E-state index contributed by atoms with van der Waals surface area (Å²) in [6.07, 6.45) is 1.98. The quantitative estimate of drug-likeness (QED) is 0.152. The van der Waals surface area contributed by atoms with Crippen molar-refractivity contribution >= 4 is 43.7 Å². The number of para-hydroxylation sites is 2. The third-order valence-corrected chi connectivity index (χ3v) is 12.9. The Morgan fingerprint density at radius 1 is 0.338 bits per heavy atom. The summed E-state index contributed by atoms with van der Waals surface area (Å²) >= 11 is 0. The van der Waals surface area contributed by atoms with Crippen molar-refractivity contribution in [1.82, 2.24) is 24.5 Å². The van der Waals surface area contributed by atoms with Crippen LogP contribution >= 0.6 is 0 Å². The van der Waals surface area contributed by atoms with Crippen LogP contribution in [0.15, 0.2) is 241 Å². The molecule has 68 heavy (non-hydrogen) atoms. The number of hydrogen-bond donors (Lipinski definition) is 0. The monoisotopic (exact) mass is 869 g/mol. The van der Waals surface area contributed by atoms with E-state index >= 15 is 0 Å². The number of fused-ring (bicyclic) bond motifs is 7. The molecule has 0 aliphatic carbocycles. The number of aromatic nitrogens is 5. The number of nitrogens with zero attached hydrogens (tertiary/aromatic N) is 5. The summed E-state index contributed by atoms with van der Waals surface area (Å²) in [6, 6.07) is 80.1. The van der Waals surface area contributed by atoms with Crippen LogP contribution in [0.2, 0.25) is 0 Å². The predicted octanol–water partition coefficient (Wildman–Crippen LogP) is 15.9. The zero-order valence-electron chi connectivity index (χ0n) is 36.7. The fourth-order valence-electron chi connectivity index (χ4n) is 9.65. The molecule has 0 aliphatic rings. The van der Waals surface area contributed by atoms with Crippen LogP contribution in [-0.2, 0) is 0 Å². The van der Waals surface area contributed by atoms with Crippen molar-refractivity contribution < 1.29 is 4.42 Å². The van der Waals surface area contributed by atoms with E-state index < -0.39 is 0 Å². The number of rotatable bonds is 8. The Bertz CT molecular complexity index is 3880. The SMILES string of the molecule is c1ccc(-c2cc(-c3ccccc3)cc(-c3cnc(-c4ccc5oc6ccc7c8ccccc8n(-c8ccccc8)c7c6c5c4)c(-c4nc(-c5ccccc5)nc(-c5ccccc5)n4)c3)c2)cc1. The maximum absolute atomic E-state index is 6.69. The van der Waals surface area contributed by atoms with Crippen molar-refractivity contribution in [3.05, 3.63) is 237 Å². The van der Waals surface area contributed by atoms with E-state index in [0.717, 1.165) is 105 Å². The Morgan fingerprint density at radius 2 is 0.853 bits per heavy atom. The van der Waals surface area contributed by atoms with Gasteiger partial charge in [0.15, 0.2) is 17.5 Å². The molecule has 6 nitrogen and oxygen atoms in total. The van der Waals surface area contributed by atoms with Gasteiger partial charge in [-0.05, 0) is 101 Å². The highest BCUT2D eigenvalue weighted by Crippen LogP contribution is 2.43. The van der Waals surface area contributed by atoms with Gasteiger partial charge in [0.2, 0.25) is 0 Å². The van der Waals surface area contributed by atoms with Crippen molar-refractivity contribution in [3.63, 3.8) is 0 Å². The van der Waals surface area contributed by atoms with Gasteiger partial charge >= 0.3 is 0 Å². The summed E-state index contributed by atoms with van der Waals surface area (Å²) in [5.41, 5.74) is 15.6. The molecule has 9 aromatic carbocycles. The third-order valence-electron chi connectivity index (χ3n) is 12.9. The van der Waals surface area contributed by atoms with Crippen molar-refractivity contribution in [3.8, 4) is 84.5 Å². The maximum Gasteiger partial charge on any atom is 0.166 e. The highest BCUT2D eigenvalue weighted by Gasteiger charge is 2.23.